The topological polar surface area (TPSA) is 55.6 Å². The molecule has 0 bridgehead atoms. The van der Waals surface area contributed by atoms with Crippen LogP contribution in [0.15, 0.2) is 0 Å². The maximum absolute atomic E-state index is 12.0. The molecule has 0 aromatic rings. The highest BCUT2D eigenvalue weighted by atomic mass is 16.5. The molecule has 3 unspecified atom stereocenters. The molecule has 1 heterocycles. The third-order valence-electron chi connectivity index (χ3n) is 3.56. The summed E-state index contributed by atoms with van der Waals surface area (Å²) in [5, 5.41) is 0. The van der Waals surface area contributed by atoms with Crippen LogP contribution in [0.1, 0.15) is 40.0 Å². The molecule has 2 N–H and O–H groups in total. The van der Waals surface area contributed by atoms with E-state index in [0.717, 1.165) is 25.8 Å². The highest BCUT2D eigenvalue weighted by Gasteiger charge is 2.36. The smallest absolute Gasteiger partial charge is 0.323 e. The van der Waals surface area contributed by atoms with Gasteiger partial charge in [-0.25, -0.2) is 0 Å². The fourth-order valence-corrected chi connectivity index (χ4v) is 2.71. The van der Waals surface area contributed by atoms with E-state index in [2.05, 4.69) is 18.7 Å². The number of hydrogen-bond acceptors (Lipinski definition) is 4. The molecule has 0 radical (unpaired) electrons. The summed E-state index contributed by atoms with van der Waals surface area (Å²) in [4.78, 5) is 14.2. The van der Waals surface area contributed by atoms with Crippen molar-refractivity contribution < 1.29 is 9.53 Å². The Labute approximate surface area is 104 Å². The van der Waals surface area contributed by atoms with Crippen molar-refractivity contribution >= 4 is 5.97 Å². The number of nitrogens with two attached hydrogens (primary N) is 1. The van der Waals surface area contributed by atoms with Crippen molar-refractivity contribution in [3.8, 4) is 0 Å². The number of nitrogens with zero attached hydrogens (tertiary/aromatic N) is 1. The molecule has 4 nitrogen and oxygen atoms in total. The van der Waals surface area contributed by atoms with Crippen molar-refractivity contribution in [3.05, 3.63) is 0 Å². The minimum Gasteiger partial charge on any atom is -0.465 e. The Kier molecular flexibility index (Phi) is 5.92. The molecule has 4 heteroatoms. The van der Waals surface area contributed by atoms with Crippen molar-refractivity contribution in [1.82, 2.24) is 4.90 Å². The summed E-state index contributed by atoms with van der Waals surface area (Å²) in [7, 11) is 0. The van der Waals surface area contributed by atoms with E-state index in [1.54, 1.807) is 0 Å². The number of likely N-dealkylation sites (tertiary alicyclic amines) is 1. The third-order valence-corrected chi connectivity index (χ3v) is 3.56. The van der Waals surface area contributed by atoms with Gasteiger partial charge in [0.15, 0.2) is 0 Å². The van der Waals surface area contributed by atoms with Crippen LogP contribution in [0.2, 0.25) is 0 Å². The minimum absolute atomic E-state index is 0.0705. The Morgan fingerprint density at radius 2 is 2.24 bits per heavy atom. The van der Waals surface area contributed by atoms with Gasteiger partial charge in [0.05, 0.1) is 6.61 Å². The van der Waals surface area contributed by atoms with Crippen LogP contribution >= 0.6 is 0 Å². The molecule has 17 heavy (non-hydrogen) atoms. The van der Waals surface area contributed by atoms with Crippen molar-refractivity contribution in [2.45, 2.75) is 52.1 Å². The molecular formula is C13H26N2O2. The Balaban J connectivity index is 2.66. The van der Waals surface area contributed by atoms with E-state index in [-0.39, 0.29) is 12.0 Å². The Morgan fingerprint density at radius 1 is 1.53 bits per heavy atom. The monoisotopic (exact) mass is 242 g/mol. The molecule has 100 valence electrons. The van der Waals surface area contributed by atoms with Gasteiger partial charge in [0.1, 0.15) is 6.04 Å². The molecule has 0 spiro atoms. The summed E-state index contributed by atoms with van der Waals surface area (Å²) in [5.74, 6) is 0.456. The Hall–Kier alpha value is -0.610. The average Bonchev–Trinajstić information content (AvgIpc) is 2.67. The van der Waals surface area contributed by atoms with Crippen molar-refractivity contribution in [1.29, 1.82) is 0 Å². The first-order chi connectivity index (χ1) is 8.13. The van der Waals surface area contributed by atoms with Gasteiger partial charge in [-0.15, -0.1) is 0 Å². The van der Waals surface area contributed by atoms with E-state index in [1.807, 2.05) is 6.92 Å². The quantitative estimate of drug-likeness (QED) is 0.715. The Bertz CT molecular complexity index is 246. The highest BCUT2D eigenvalue weighted by Crippen LogP contribution is 2.26. The van der Waals surface area contributed by atoms with Crippen LogP contribution < -0.4 is 5.73 Å². The van der Waals surface area contributed by atoms with Crippen LogP contribution in [0.4, 0.5) is 0 Å². The first-order valence-corrected chi connectivity index (χ1v) is 6.76. The number of hydrogen-bond donors (Lipinski definition) is 1. The van der Waals surface area contributed by atoms with E-state index < -0.39 is 0 Å². The summed E-state index contributed by atoms with van der Waals surface area (Å²) in [6, 6.07) is 0.357. The van der Waals surface area contributed by atoms with Crippen LogP contribution in [0, 0.1) is 5.92 Å². The lowest BCUT2D eigenvalue weighted by molar-refractivity contribution is -0.150. The van der Waals surface area contributed by atoms with E-state index in [4.69, 9.17) is 10.5 Å². The highest BCUT2D eigenvalue weighted by molar-refractivity contribution is 5.75. The number of esters is 1. The molecule has 0 saturated carbocycles. The number of ether oxygens (including phenoxy) is 1. The SMILES string of the molecule is CCCC(C(=O)OCC)N1CC(CN)CC1C. The van der Waals surface area contributed by atoms with E-state index in [9.17, 15) is 4.79 Å². The molecular weight excluding hydrogens is 216 g/mol. The zero-order valence-electron chi connectivity index (χ0n) is 11.3. The maximum Gasteiger partial charge on any atom is 0.323 e. The van der Waals surface area contributed by atoms with Crippen molar-refractivity contribution in [2.75, 3.05) is 19.7 Å². The van der Waals surface area contributed by atoms with Gasteiger partial charge < -0.3 is 10.5 Å². The van der Waals surface area contributed by atoms with Gasteiger partial charge in [0.2, 0.25) is 0 Å². The largest absolute Gasteiger partial charge is 0.465 e. The van der Waals surface area contributed by atoms with Gasteiger partial charge in [-0.1, -0.05) is 13.3 Å². The number of carbonyl (C=O) groups is 1. The van der Waals surface area contributed by atoms with Gasteiger partial charge in [0, 0.05) is 12.6 Å². The standard InChI is InChI=1S/C13H26N2O2/c1-4-6-12(13(16)17-5-2)15-9-11(8-14)7-10(15)3/h10-12H,4-9,14H2,1-3H3. The van der Waals surface area contributed by atoms with Gasteiger partial charge in [-0.3, -0.25) is 9.69 Å². The van der Waals surface area contributed by atoms with Crippen LogP contribution in [0.3, 0.4) is 0 Å². The van der Waals surface area contributed by atoms with Crippen molar-refractivity contribution in [2.24, 2.45) is 11.7 Å². The second-order valence-electron chi connectivity index (χ2n) is 4.94. The first kappa shape index (κ1) is 14.5. The lowest BCUT2D eigenvalue weighted by Crippen LogP contribution is -2.44. The van der Waals surface area contributed by atoms with Crippen LogP contribution in [-0.4, -0.2) is 42.6 Å². The summed E-state index contributed by atoms with van der Waals surface area (Å²) >= 11 is 0. The average molecular weight is 242 g/mol. The Morgan fingerprint density at radius 3 is 2.71 bits per heavy atom. The zero-order valence-corrected chi connectivity index (χ0v) is 11.3. The van der Waals surface area contributed by atoms with Gasteiger partial charge in [-0.05, 0) is 39.2 Å². The molecule has 1 aliphatic heterocycles. The molecule has 0 aromatic carbocycles. The molecule has 3 atom stereocenters. The molecule has 0 aliphatic carbocycles. The summed E-state index contributed by atoms with van der Waals surface area (Å²) < 4.78 is 5.17. The second-order valence-corrected chi connectivity index (χ2v) is 4.94. The summed E-state index contributed by atoms with van der Waals surface area (Å²) in [6.07, 6.45) is 2.97. The second kappa shape index (κ2) is 6.97. The molecule has 1 fully saturated rings. The summed E-state index contributed by atoms with van der Waals surface area (Å²) in [5.41, 5.74) is 5.72. The van der Waals surface area contributed by atoms with Crippen LogP contribution in [0.5, 0.6) is 0 Å². The van der Waals surface area contributed by atoms with Gasteiger partial charge >= 0.3 is 5.97 Å². The van der Waals surface area contributed by atoms with Crippen molar-refractivity contribution in [3.63, 3.8) is 0 Å². The lowest BCUT2D eigenvalue weighted by Gasteiger charge is -2.29. The van der Waals surface area contributed by atoms with Crippen LogP contribution in [0.25, 0.3) is 0 Å². The molecule has 1 rings (SSSR count). The maximum atomic E-state index is 12.0. The molecule has 1 aliphatic rings. The number of rotatable bonds is 6. The molecule has 1 saturated heterocycles. The fraction of sp³-hybridized carbons (Fsp3) is 0.923. The summed E-state index contributed by atoms with van der Waals surface area (Å²) in [6.45, 7) is 8.24. The van der Waals surface area contributed by atoms with E-state index in [0.29, 0.717) is 25.1 Å². The van der Waals surface area contributed by atoms with Crippen LogP contribution in [-0.2, 0) is 9.53 Å². The molecule has 0 aromatic heterocycles. The van der Waals surface area contributed by atoms with E-state index in [1.165, 1.54) is 0 Å². The lowest BCUT2D eigenvalue weighted by atomic mass is 10.1. The van der Waals surface area contributed by atoms with Gasteiger partial charge in [-0.2, -0.15) is 0 Å². The van der Waals surface area contributed by atoms with Gasteiger partial charge in [0.25, 0.3) is 0 Å². The normalized spacial score (nSPS) is 27.1. The zero-order chi connectivity index (χ0) is 12.8. The predicted molar refractivity (Wildman–Crippen MR) is 68.7 cm³/mol. The third kappa shape index (κ3) is 3.68. The first-order valence-electron chi connectivity index (χ1n) is 6.76. The van der Waals surface area contributed by atoms with E-state index >= 15 is 0 Å². The minimum atomic E-state index is -0.0773. The number of carbonyl (C=O) groups excluding carboxylic acids is 1. The molecule has 0 amide bonds. The fourth-order valence-electron chi connectivity index (χ4n) is 2.71. The predicted octanol–water partition coefficient (Wildman–Crippen LogP) is 1.39.